The Morgan fingerprint density at radius 1 is 1.12 bits per heavy atom. The first-order chi connectivity index (χ1) is 12.6. The van der Waals surface area contributed by atoms with Gasteiger partial charge in [0.05, 0.1) is 16.8 Å². The summed E-state index contributed by atoms with van der Waals surface area (Å²) in [6.45, 7) is 7.25. The number of pyridine rings is 1. The fourth-order valence-electron chi connectivity index (χ4n) is 3.70. The summed E-state index contributed by atoms with van der Waals surface area (Å²) in [6, 6.07) is 12.1. The molecule has 0 saturated carbocycles. The minimum Gasteiger partial charge on any atom is -0.366 e. The molecule has 0 aliphatic carbocycles. The van der Waals surface area contributed by atoms with Crippen LogP contribution in [-0.4, -0.2) is 15.5 Å². The molecule has 0 radical (unpaired) electrons. The molecule has 1 aromatic carbocycles. The van der Waals surface area contributed by atoms with Gasteiger partial charge in [0, 0.05) is 28.9 Å². The van der Waals surface area contributed by atoms with Crippen molar-refractivity contribution in [3.8, 4) is 11.3 Å². The van der Waals surface area contributed by atoms with Crippen LogP contribution in [0.15, 0.2) is 36.4 Å². The van der Waals surface area contributed by atoms with Gasteiger partial charge in [0.25, 0.3) is 5.91 Å². The largest absolute Gasteiger partial charge is 0.366 e. The number of carbonyl (C=O) groups excluding carboxylic acids is 1. The first kappa shape index (κ1) is 18.2. The Labute approximate surface area is 155 Å². The zero-order valence-electron chi connectivity index (χ0n) is 15.9. The maximum Gasteiger partial charge on any atom is 0.251 e. The topological polar surface area (TPSA) is 60.9 Å². The lowest BCUT2D eigenvalue weighted by Gasteiger charge is -2.12. The molecule has 0 aliphatic heterocycles. The molecule has 0 spiro atoms. The van der Waals surface area contributed by atoms with Crippen LogP contribution in [0.3, 0.4) is 0 Å². The second-order valence-electron chi connectivity index (χ2n) is 6.79. The van der Waals surface area contributed by atoms with E-state index in [0.717, 1.165) is 60.1 Å². The van der Waals surface area contributed by atoms with E-state index in [-0.39, 0.29) is 5.91 Å². The summed E-state index contributed by atoms with van der Waals surface area (Å²) in [7, 11) is 0. The van der Waals surface area contributed by atoms with E-state index in [0.29, 0.717) is 5.56 Å². The summed E-state index contributed by atoms with van der Waals surface area (Å²) in [4.78, 5) is 17.1. The monoisotopic (exact) mass is 349 g/mol. The van der Waals surface area contributed by atoms with Gasteiger partial charge in [0.15, 0.2) is 0 Å². The Bertz CT molecular complexity index is 940. The predicted octanol–water partition coefficient (Wildman–Crippen LogP) is 4.86. The molecule has 0 bridgehead atoms. The maximum absolute atomic E-state index is 12.3. The summed E-state index contributed by atoms with van der Waals surface area (Å²) >= 11 is 0. The highest BCUT2D eigenvalue weighted by molar-refractivity contribution is 6.02. The number of unbranched alkanes of at least 4 members (excludes halogenated alkanes) is 1. The van der Waals surface area contributed by atoms with E-state index in [9.17, 15) is 4.79 Å². The Hall–Kier alpha value is -2.62. The molecule has 0 aliphatic rings. The van der Waals surface area contributed by atoms with E-state index in [1.807, 2.05) is 37.3 Å². The van der Waals surface area contributed by atoms with Gasteiger partial charge in [0.2, 0.25) is 0 Å². The Morgan fingerprint density at radius 3 is 2.58 bits per heavy atom. The molecule has 4 heteroatoms. The van der Waals surface area contributed by atoms with Crippen LogP contribution in [0.5, 0.6) is 0 Å². The molecule has 2 heterocycles. The van der Waals surface area contributed by atoms with Crippen LogP contribution in [0.25, 0.3) is 22.2 Å². The normalized spacial score (nSPS) is 11.2. The second-order valence-corrected chi connectivity index (χ2v) is 6.79. The number of benzene rings is 1. The molecule has 3 rings (SSSR count). The molecule has 1 amide bonds. The van der Waals surface area contributed by atoms with Crippen molar-refractivity contribution < 1.29 is 4.79 Å². The number of carbonyl (C=O) groups is 1. The molecule has 4 nitrogen and oxygen atoms in total. The van der Waals surface area contributed by atoms with Crippen molar-refractivity contribution in [3.05, 3.63) is 53.3 Å². The van der Waals surface area contributed by atoms with Gasteiger partial charge in [-0.25, -0.2) is 4.98 Å². The van der Waals surface area contributed by atoms with Crippen LogP contribution in [0.2, 0.25) is 0 Å². The van der Waals surface area contributed by atoms with Gasteiger partial charge < -0.3 is 10.3 Å². The van der Waals surface area contributed by atoms with Crippen molar-refractivity contribution in [3.63, 3.8) is 0 Å². The average molecular weight is 349 g/mol. The van der Waals surface area contributed by atoms with E-state index >= 15 is 0 Å². The SMILES string of the molecule is CCCCn1c(C)c(C(N)=O)c(-c2ccc3ccccc3n2)c1CCC. The van der Waals surface area contributed by atoms with Crippen LogP contribution in [0, 0.1) is 6.92 Å². The van der Waals surface area contributed by atoms with Gasteiger partial charge >= 0.3 is 0 Å². The first-order valence-corrected chi connectivity index (χ1v) is 9.46. The van der Waals surface area contributed by atoms with E-state index in [2.05, 4.69) is 24.5 Å². The number of rotatable bonds is 7. The maximum atomic E-state index is 12.3. The quantitative estimate of drug-likeness (QED) is 0.662. The number of primary amides is 1. The van der Waals surface area contributed by atoms with E-state index < -0.39 is 0 Å². The first-order valence-electron chi connectivity index (χ1n) is 9.46. The average Bonchev–Trinajstić information content (AvgIpc) is 2.91. The third kappa shape index (κ3) is 3.24. The number of hydrogen-bond donors (Lipinski definition) is 1. The van der Waals surface area contributed by atoms with Crippen LogP contribution < -0.4 is 5.73 Å². The lowest BCUT2D eigenvalue weighted by Crippen LogP contribution is -2.13. The van der Waals surface area contributed by atoms with Crippen LogP contribution in [0.4, 0.5) is 0 Å². The number of amides is 1. The van der Waals surface area contributed by atoms with Gasteiger partial charge in [-0.1, -0.05) is 51.0 Å². The lowest BCUT2D eigenvalue weighted by molar-refractivity contribution is 0.1000. The van der Waals surface area contributed by atoms with Gasteiger partial charge in [-0.2, -0.15) is 0 Å². The Kier molecular flexibility index (Phi) is 5.40. The molecule has 136 valence electrons. The van der Waals surface area contributed by atoms with E-state index in [1.165, 1.54) is 5.69 Å². The zero-order valence-corrected chi connectivity index (χ0v) is 15.9. The Balaban J connectivity index is 2.27. The van der Waals surface area contributed by atoms with Gasteiger partial charge in [-0.05, 0) is 31.9 Å². The van der Waals surface area contributed by atoms with Crippen molar-refractivity contribution >= 4 is 16.8 Å². The number of aromatic nitrogens is 2. The second kappa shape index (κ2) is 7.73. The molecule has 0 unspecified atom stereocenters. The third-order valence-corrected chi connectivity index (χ3v) is 4.95. The highest BCUT2D eigenvalue weighted by atomic mass is 16.1. The molecule has 3 aromatic rings. The number of nitrogens with zero attached hydrogens (tertiary/aromatic N) is 2. The number of hydrogen-bond acceptors (Lipinski definition) is 2. The summed E-state index contributed by atoms with van der Waals surface area (Å²) in [5, 5.41) is 1.09. The van der Waals surface area contributed by atoms with Gasteiger partial charge in [-0.3, -0.25) is 4.79 Å². The summed E-state index contributed by atoms with van der Waals surface area (Å²) in [5.74, 6) is -0.375. The molecule has 0 atom stereocenters. The molecule has 0 saturated heterocycles. The Morgan fingerprint density at radius 2 is 1.88 bits per heavy atom. The molecular formula is C22H27N3O. The fourth-order valence-corrected chi connectivity index (χ4v) is 3.70. The van der Waals surface area contributed by atoms with Crippen LogP contribution in [0.1, 0.15) is 54.9 Å². The third-order valence-electron chi connectivity index (χ3n) is 4.95. The van der Waals surface area contributed by atoms with Gasteiger partial charge in [0.1, 0.15) is 0 Å². The highest BCUT2D eigenvalue weighted by Crippen LogP contribution is 2.33. The van der Waals surface area contributed by atoms with Crippen molar-refractivity contribution in [1.29, 1.82) is 0 Å². The van der Waals surface area contributed by atoms with E-state index in [1.54, 1.807) is 0 Å². The number of fused-ring (bicyclic) bond motifs is 1. The van der Waals surface area contributed by atoms with Crippen LogP contribution >= 0.6 is 0 Å². The zero-order chi connectivity index (χ0) is 18.7. The summed E-state index contributed by atoms with van der Waals surface area (Å²) in [5.41, 5.74) is 11.2. The minimum absolute atomic E-state index is 0.375. The van der Waals surface area contributed by atoms with Crippen molar-refractivity contribution in [2.75, 3.05) is 0 Å². The molecular weight excluding hydrogens is 322 g/mol. The van der Waals surface area contributed by atoms with Crippen molar-refractivity contribution in [2.45, 2.75) is 53.0 Å². The minimum atomic E-state index is -0.375. The molecule has 2 N–H and O–H groups in total. The smallest absolute Gasteiger partial charge is 0.251 e. The number of nitrogens with two attached hydrogens (primary N) is 1. The molecule has 0 fully saturated rings. The molecule has 26 heavy (non-hydrogen) atoms. The van der Waals surface area contributed by atoms with E-state index in [4.69, 9.17) is 10.7 Å². The van der Waals surface area contributed by atoms with Crippen molar-refractivity contribution in [2.24, 2.45) is 5.73 Å². The molecule has 2 aromatic heterocycles. The summed E-state index contributed by atoms with van der Waals surface area (Å²) in [6.07, 6.45) is 4.10. The lowest BCUT2D eigenvalue weighted by atomic mass is 10.0. The highest BCUT2D eigenvalue weighted by Gasteiger charge is 2.25. The standard InChI is InChI=1S/C22H27N3O/c1-4-6-14-25-15(3)20(22(23)26)21(19(25)9-5-2)18-13-12-16-10-7-8-11-17(16)24-18/h7-8,10-13H,4-6,9,14H2,1-3H3,(H2,23,26). The van der Waals surface area contributed by atoms with Crippen LogP contribution in [-0.2, 0) is 13.0 Å². The predicted molar refractivity (Wildman–Crippen MR) is 107 cm³/mol. The fraction of sp³-hybridized carbons (Fsp3) is 0.364. The number of para-hydroxylation sites is 1. The summed E-state index contributed by atoms with van der Waals surface area (Å²) < 4.78 is 2.28. The van der Waals surface area contributed by atoms with Crippen molar-refractivity contribution in [1.82, 2.24) is 9.55 Å². The van der Waals surface area contributed by atoms with Gasteiger partial charge in [-0.15, -0.1) is 0 Å².